The first-order chi connectivity index (χ1) is 1.73. The fraction of sp³-hybridized carbons (Fsp3) is 0. The molecule has 0 aromatic carbocycles. The standard InChI is InChI=1S/Ag.FHO2S/c;1-4(2)3/h;4H. The zero-order valence-corrected chi connectivity index (χ0v) is 4.32. The van der Waals surface area contributed by atoms with E-state index in [0.717, 1.165) is 0 Å². The maximum atomic E-state index is 9.95. The molecule has 1 radical (unpaired) electrons. The predicted octanol–water partition coefficient (Wildman–Crippen LogP) is -0.520. The van der Waals surface area contributed by atoms with Gasteiger partial charge in [-0.05, 0) is 0 Å². The van der Waals surface area contributed by atoms with Crippen LogP contribution in [0.4, 0.5) is 3.89 Å². The third kappa shape index (κ3) is 82.5. The molecular formula is HAgFO2S. The maximum absolute atomic E-state index is 9.95. The van der Waals surface area contributed by atoms with Gasteiger partial charge in [0.15, 0.2) is 0 Å². The Morgan fingerprint density at radius 1 is 1.40 bits per heavy atom. The van der Waals surface area contributed by atoms with E-state index in [9.17, 15) is 3.89 Å². The summed E-state index contributed by atoms with van der Waals surface area (Å²) in [4.78, 5) is 0. The molecule has 0 N–H and O–H groups in total. The Morgan fingerprint density at radius 3 is 1.40 bits per heavy atom. The van der Waals surface area contributed by atoms with Gasteiger partial charge in [-0.3, -0.25) is 0 Å². The Labute approximate surface area is 46.1 Å². The minimum Gasteiger partial charge on any atom is -0.198 e. The number of rotatable bonds is 0. The summed E-state index contributed by atoms with van der Waals surface area (Å²) in [5.74, 6) is 0. The molecule has 0 amide bonds. The molecule has 0 bridgehead atoms. The minimum absolute atomic E-state index is 0. The van der Waals surface area contributed by atoms with Crippen LogP contribution in [0.3, 0.4) is 0 Å². The SMILES string of the molecule is O=[SH](=O)F.[Ag]. The normalized spacial score (nSPS) is 6.80. The zero-order valence-electron chi connectivity index (χ0n) is 1.94. The summed E-state index contributed by atoms with van der Waals surface area (Å²) < 4.78 is 26.7. The first kappa shape index (κ1) is 9.15. The Bertz CT molecular complexity index is 58.0. The molecule has 2 nitrogen and oxygen atoms in total. The van der Waals surface area contributed by atoms with Gasteiger partial charge in [0.25, 0.3) is 11.1 Å². The topological polar surface area (TPSA) is 34.1 Å². The van der Waals surface area contributed by atoms with E-state index in [4.69, 9.17) is 8.42 Å². The van der Waals surface area contributed by atoms with Crippen molar-refractivity contribution in [1.29, 1.82) is 0 Å². The van der Waals surface area contributed by atoms with Crippen LogP contribution < -0.4 is 0 Å². The van der Waals surface area contributed by atoms with Crippen LogP contribution in [0.2, 0.25) is 0 Å². The van der Waals surface area contributed by atoms with Crippen LogP contribution in [0.15, 0.2) is 0 Å². The molecule has 0 heterocycles. The van der Waals surface area contributed by atoms with E-state index in [-0.39, 0.29) is 22.4 Å². The second kappa shape index (κ2) is 4.62. The van der Waals surface area contributed by atoms with Gasteiger partial charge in [0.05, 0.1) is 0 Å². The van der Waals surface area contributed by atoms with Crippen molar-refractivity contribution in [1.82, 2.24) is 0 Å². The molecule has 5 heavy (non-hydrogen) atoms. The van der Waals surface area contributed by atoms with Crippen molar-refractivity contribution in [2.24, 2.45) is 0 Å². The van der Waals surface area contributed by atoms with Gasteiger partial charge >= 0.3 is 0 Å². The fourth-order valence-corrected chi connectivity index (χ4v) is 0. The number of halogens is 1. The molecule has 37 valence electrons. The van der Waals surface area contributed by atoms with Crippen LogP contribution in [0.5, 0.6) is 0 Å². The van der Waals surface area contributed by atoms with Gasteiger partial charge in [-0.25, -0.2) is 0 Å². The van der Waals surface area contributed by atoms with Crippen LogP contribution in [0.1, 0.15) is 0 Å². The largest absolute Gasteiger partial charge is 0.292 e. The van der Waals surface area contributed by atoms with Gasteiger partial charge < -0.3 is 0 Å². The summed E-state index contributed by atoms with van der Waals surface area (Å²) in [7, 11) is 0. The third-order valence-electron chi connectivity index (χ3n) is 0. The van der Waals surface area contributed by atoms with E-state index >= 15 is 0 Å². The van der Waals surface area contributed by atoms with E-state index < -0.39 is 11.1 Å². The Hall–Kier alpha value is 0.620. The molecule has 0 rings (SSSR count). The summed E-state index contributed by atoms with van der Waals surface area (Å²) in [6.45, 7) is 0. The Kier molecular flexibility index (Phi) is 8.46. The van der Waals surface area contributed by atoms with Crippen molar-refractivity contribution in [2.75, 3.05) is 0 Å². The van der Waals surface area contributed by atoms with Gasteiger partial charge in [-0.1, -0.05) is 0 Å². The molecule has 0 aliphatic carbocycles. The van der Waals surface area contributed by atoms with Crippen LogP contribution >= 0.6 is 0 Å². The average Bonchev–Trinajstić information content (AvgIpc) is 0.811. The molecule has 0 aromatic rings. The molecule has 0 aliphatic rings. The van der Waals surface area contributed by atoms with E-state index in [1.807, 2.05) is 0 Å². The molecule has 0 spiro atoms. The predicted molar refractivity (Wildman–Crippen MR) is 11.4 cm³/mol. The molecular weight excluding hydrogens is 191 g/mol. The van der Waals surface area contributed by atoms with E-state index in [0.29, 0.717) is 0 Å². The first-order valence-electron chi connectivity index (χ1n) is 0.534. The van der Waals surface area contributed by atoms with Crippen molar-refractivity contribution in [3.63, 3.8) is 0 Å². The molecule has 0 aliphatic heterocycles. The van der Waals surface area contributed by atoms with Crippen LogP contribution in [-0.4, -0.2) is 8.42 Å². The van der Waals surface area contributed by atoms with Gasteiger partial charge in [0.1, 0.15) is 0 Å². The van der Waals surface area contributed by atoms with Gasteiger partial charge in [0.2, 0.25) is 0 Å². The van der Waals surface area contributed by atoms with E-state index in [1.165, 1.54) is 0 Å². The zero-order chi connectivity index (χ0) is 3.58. The molecule has 0 unspecified atom stereocenters. The van der Waals surface area contributed by atoms with Gasteiger partial charge in [0, 0.05) is 22.4 Å². The number of thiol groups is 1. The van der Waals surface area contributed by atoms with Crippen molar-refractivity contribution < 1.29 is 34.7 Å². The smallest absolute Gasteiger partial charge is 0.198 e. The minimum atomic E-state index is -3.62. The molecule has 0 saturated heterocycles. The molecule has 0 fully saturated rings. The Morgan fingerprint density at radius 2 is 1.40 bits per heavy atom. The molecule has 0 aromatic heterocycles. The third-order valence-corrected chi connectivity index (χ3v) is 0. The molecule has 0 saturated carbocycles. The quantitative estimate of drug-likeness (QED) is 0.318. The van der Waals surface area contributed by atoms with Crippen LogP contribution in [0, 0.1) is 0 Å². The van der Waals surface area contributed by atoms with E-state index in [1.54, 1.807) is 0 Å². The maximum Gasteiger partial charge on any atom is 0.292 e. The summed E-state index contributed by atoms with van der Waals surface area (Å²) in [6.07, 6.45) is 0. The van der Waals surface area contributed by atoms with Crippen LogP contribution in [-0.2, 0) is 33.5 Å². The number of hydrogen-bond donors (Lipinski definition) is 1. The molecule has 5 heteroatoms. The van der Waals surface area contributed by atoms with Crippen molar-refractivity contribution in [2.45, 2.75) is 0 Å². The van der Waals surface area contributed by atoms with Crippen LogP contribution in [0.25, 0.3) is 0 Å². The molecule has 0 atom stereocenters. The van der Waals surface area contributed by atoms with Crippen molar-refractivity contribution >= 4 is 11.1 Å². The summed E-state index contributed by atoms with van der Waals surface area (Å²) >= 11 is -3.62. The van der Waals surface area contributed by atoms with E-state index in [2.05, 4.69) is 0 Å². The monoisotopic (exact) mass is 191 g/mol. The first-order valence-corrected chi connectivity index (χ1v) is 1.60. The van der Waals surface area contributed by atoms with Crippen molar-refractivity contribution in [3.8, 4) is 0 Å². The second-order valence-electron chi connectivity index (χ2n) is 0.213. The Balaban J connectivity index is 0. The van der Waals surface area contributed by atoms with Gasteiger partial charge in [-0.2, -0.15) is 8.42 Å². The van der Waals surface area contributed by atoms with Gasteiger partial charge in [-0.15, -0.1) is 3.89 Å². The fourth-order valence-electron chi connectivity index (χ4n) is 0. The average molecular weight is 192 g/mol. The summed E-state index contributed by atoms with van der Waals surface area (Å²) in [5, 5.41) is 0. The number of hydrogen-bond acceptors (Lipinski definition) is 2. The summed E-state index contributed by atoms with van der Waals surface area (Å²) in [6, 6.07) is 0. The second-order valence-corrected chi connectivity index (χ2v) is 0.638. The van der Waals surface area contributed by atoms with Crippen molar-refractivity contribution in [3.05, 3.63) is 0 Å². The summed E-state index contributed by atoms with van der Waals surface area (Å²) in [5.41, 5.74) is 0.